The minimum atomic E-state index is -0.977. The number of nitrogen functional groups attached to an aromatic ring is 1. The van der Waals surface area contributed by atoms with Gasteiger partial charge in [-0.2, -0.15) is 5.10 Å². The summed E-state index contributed by atoms with van der Waals surface area (Å²) in [5.74, 6) is -2.00. The van der Waals surface area contributed by atoms with E-state index >= 15 is 0 Å². The number of hydrogen-bond acceptors (Lipinski definition) is 5. The Bertz CT molecular complexity index is 1360. The minimum Gasteiger partial charge on any atom is -0.394 e. The second kappa shape index (κ2) is 9.58. The van der Waals surface area contributed by atoms with Crippen molar-refractivity contribution in [2.75, 3.05) is 12.3 Å². The van der Waals surface area contributed by atoms with E-state index in [0.29, 0.717) is 11.1 Å². The van der Waals surface area contributed by atoms with Crippen LogP contribution >= 0.6 is 11.6 Å². The van der Waals surface area contributed by atoms with Gasteiger partial charge in [-0.25, -0.2) is 13.8 Å². The predicted molar refractivity (Wildman–Crippen MR) is 125 cm³/mol. The molecule has 0 aliphatic rings. The van der Waals surface area contributed by atoms with Gasteiger partial charge in [0.05, 0.1) is 23.9 Å². The molecular formula is C24H20ClF2N5O2. The Kier molecular flexibility index (Phi) is 6.58. The van der Waals surface area contributed by atoms with E-state index in [0.717, 1.165) is 23.4 Å². The van der Waals surface area contributed by atoms with Gasteiger partial charge in [-0.1, -0.05) is 17.7 Å². The zero-order chi connectivity index (χ0) is 24.4. The lowest BCUT2D eigenvalue weighted by Gasteiger charge is -2.18. The maximum absolute atomic E-state index is 15.0. The number of aromatic nitrogens is 3. The summed E-state index contributed by atoms with van der Waals surface area (Å²) in [7, 11) is 1.79. The molecule has 0 saturated carbocycles. The van der Waals surface area contributed by atoms with Crippen LogP contribution in [-0.2, 0) is 7.05 Å². The van der Waals surface area contributed by atoms with Gasteiger partial charge in [-0.05, 0) is 53.6 Å². The van der Waals surface area contributed by atoms with Crippen LogP contribution in [0.15, 0.2) is 60.9 Å². The Hall–Kier alpha value is -3.82. The Morgan fingerprint density at radius 2 is 1.97 bits per heavy atom. The van der Waals surface area contributed by atoms with Gasteiger partial charge < -0.3 is 16.2 Å². The summed E-state index contributed by atoms with van der Waals surface area (Å²) < 4.78 is 30.3. The first-order valence-electron chi connectivity index (χ1n) is 10.2. The maximum atomic E-state index is 15.0. The molecule has 4 aromatic rings. The van der Waals surface area contributed by atoms with Crippen LogP contribution in [0, 0.1) is 11.6 Å². The van der Waals surface area contributed by atoms with E-state index in [1.165, 1.54) is 18.2 Å². The average molecular weight is 484 g/mol. The number of aliphatic hydroxyl groups excluding tert-OH is 1. The summed E-state index contributed by atoms with van der Waals surface area (Å²) in [6, 6.07) is 10.3. The number of nitrogens with two attached hydrogens (primary N) is 1. The molecule has 7 nitrogen and oxygen atoms in total. The van der Waals surface area contributed by atoms with Gasteiger partial charge in [0.1, 0.15) is 17.5 Å². The number of nitrogens with zero attached hydrogens (tertiary/aromatic N) is 3. The molecule has 10 heteroatoms. The highest BCUT2D eigenvalue weighted by atomic mass is 35.5. The fraction of sp³-hybridized carbons (Fsp3) is 0.125. The topological polar surface area (TPSA) is 106 Å². The number of anilines is 1. The third kappa shape index (κ3) is 4.75. The standard InChI is InChI=1S/C24H20ClF2N5O2/c1-32-22(4-5-30-32)15-8-19(23(28)29-11-15)13-2-3-18(20(27)9-13)24(34)31-21(12-33)14-6-16(25)10-17(26)7-14/h2-11,21,33H,12H2,1H3,(H2,28,29)(H,31,34)/t21-/m1/s1. The lowest BCUT2D eigenvalue weighted by atomic mass is 10.0. The first-order valence-corrected chi connectivity index (χ1v) is 10.6. The normalized spacial score (nSPS) is 11.9. The molecule has 0 aliphatic heterocycles. The molecule has 2 aromatic heterocycles. The number of benzene rings is 2. The largest absolute Gasteiger partial charge is 0.394 e. The van der Waals surface area contributed by atoms with Crippen LogP contribution in [0.2, 0.25) is 5.02 Å². The van der Waals surface area contributed by atoms with Crippen LogP contribution in [0.1, 0.15) is 22.0 Å². The molecule has 0 spiro atoms. The van der Waals surface area contributed by atoms with Crippen molar-refractivity contribution in [3.8, 4) is 22.4 Å². The highest BCUT2D eigenvalue weighted by Crippen LogP contribution is 2.30. The molecule has 2 heterocycles. The van der Waals surface area contributed by atoms with Crippen molar-refractivity contribution in [3.05, 3.63) is 88.7 Å². The smallest absolute Gasteiger partial charge is 0.254 e. The summed E-state index contributed by atoms with van der Waals surface area (Å²) in [5, 5.41) is 16.4. The highest BCUT2D eigenvalue weighted by Gasteiger charge is 2.20. The van der Waals surface area contributed by atoms with E-state index in [1.807, 2.05) is 6.07 Å². The molecule has 0 bridgehead atoms. The van der Waals surface area contributed by atoms with Crippen molar-refractivity contribution < 1.29 is 18.7 Å². The third-order valence-corrected chi connectivity index (χ3v) is 5.55. The molecule has 1 atom stereocenters. The Morgan fingerprint density at radius 1 is 1.18 bits per heavy atom. The molecule has 4 rings (SSSR count). The molecule has 0 aliphatic carbocycles. The van der Waals surface area contributed by atoms with E-state index in [9.17, 15) is 18.7 Å². The Labute approximate surface area is 198 Å². The summed E-state index contributed by atoms with van der Waals surface area (Å²) in [5.41, 5.74) is 8.50. The second-order valence-corrected chi connectivity index (χ2v) is 8.04. The van der Waals surface area contributed by atoms with Crippen LogP contribution in [-0.4, -0.2) is 32.4 Å². The second-order valence-electron chi connectivity index (χ2n) is 7.60. The molecule has 0 radical (unpaired) electrons. The zero-order valence-corrected chi connectivity index (χ0v) is 18.7. The van der Waals surface area contributed by atoms with Crippen molar-refractivity contribution in [3.63, 3.8) is 0 Å². The zero-order valence-electron chi connectivity index (χ0n) is 18.0. The van der Waals surface area contributed by atoms with Gasteiger partial charge in [-0.15, -0.1) is 0 Å². The summed E-state index contributed by atoms with van der Waals surface area (Å²) >= 11 is 5.86. The molecule has 0 fully saturated rings. The first kappa shape index (κ1) is 23.3. The summed E-state index contributed by atoms with van der Waals surface area (Å²) in [6.07, 6.45) is 3.25. The van der Waals surface area contributed by atoms with Crippen molar-refractivity contribution in [2.45, 2.75) is 6.04 Å². The molecular weight excluding hydrogens is 464 g/mol. The van der Waals surface area contributed by atoms with Gasteiger partial charge in [-0.3, -0.25) is 9.48 Å². The minimum absolute atomic E-state index is 0.109. The summed E-state index contributed by atoms with van der Waals surface area (Å²) in [6.45, 7) is -0.534. The SMILES string of the molecule is Cn1nccc1-c1cnc(N)c(-c2ccc(C(=O)N[C@H](CO)c3cc(F)cc(Cl)c3)c(F)c2)c1. The molecule has 174 valence electrons. The number of nitrogens with one attached hydrogen (secondary N) is 1. The molecule has 0 unspecified atom stereocenters. The van der Waals surface area contributed by atoms with Gasteiger partial charge in [0, 0.05) is 35.6 Å². The predicted octanol–water partition coefficient (Wildman–Crippen LogP) is 4.13. The maximum Gasteiger partial charge on any atom is 0.254 e. The number of aliphatic hydroxyl groups is 1. The Balaban J connectivity index is 1.61. The quantitative estimate of drug-likeness (QED) is 0.382. The van der Waals surface area contributed by atoms with E-state index < -0.39 is 30.2 Å². The lowest BCUT2D eigenvalue weighted by Crippen LogP contribution is -2.31. The number of halogens is 3. The molecule has 34 heavy (non-hydrogen) atoms. The number of carbonyl (C=O) groups excluding carboxylic acids is 1. The Morgan fingerprint density at radius 3 is 2.62 bits per heavy atom. The molecule has 1 amide bonds. The van der Waals surface area contributed by atoms with Crippen LogP contribution in [0.3, 0.4) is 0 Å². The highest BCUT2D eigenvalue weighted by molar-refractivity contribution is 6.30. The number of rotatable bonds is 6. The van der Waals surface area contributed by atoms with Crippen LogP contribution in [0.5, 0.6) is 0 Å². The van der Waals surface area contributed by atoms with E-state index in [1.54, 1.807) is 36.3 Å². The van der Waals surface area contributed by atoms with Crippen LogP contribution in [0.25, 0.3) is 22.4 Å². The van der Waals surface area contributed by atoms with Gasteiger partial charge >= 0.3 is 0 Å². The van der Waals surface area contributed by atoms with Crippen LogP contribution < -0.4 is 11.1 Å². The van der Waals surface area contributed by atoms with E-state index in [-0.39, 0.29) is 22.0 Å². The lowest BCUT2D eigenvalue weighted by molar-refractivity contribution is 0.0912. The fourth-order valence-corrected chi connectivity index (χ4v) is 3.85. The number of aryl methyl sites for hydroxylation is 1. The van der Waals surface area contributed by atoms with Crippen molar-refractivity contribution in [1.82, 2.24) is 20.1 Å². The van der Waals surface area contributed by atoms with Crippen molar-refractivity contribution in [2.24, 2.45) is 7.05 Å². The van der Waals surface area contributed by atoms with E-state index in [4.69, 9.17) is 17.3 Å². The number of carbonyl (C=O) groups is 1. The average Bonchev–Trinajstić information content (AvgIpc) is 3.22. The van der Waals surface area contributed by atoms with E-state index in [2.05, 4.69) is 15.4 Å². The van der Waals surface area contributed by atoms with Gasteiger partial charge in [0.2, 0.25) is 0 Å². The van der Waals surface area contributed by atoms with Crippen LogP contribution in [0.4, 0.5) is 14.6 Å². The molecule has 2 aromatic carbocycles. The summed E-state index contributed by atoms with van der Waals surface area (Å²) in [4.78, 5) is 16.9. The first-order chi connectivity index (χ1) is 16.3. The van der Waals surface area contributed by atoms with Crippen molar-refractivity contribution >= 4 is 23.3 Å². The van der Waals surface area contributed by atoms with Gasteiger partial charge in [0.25, 0.3) is 5.91 Å². The number of pyridine rings is 1. The fourth-order valence-electron chi connectivity index (χ4n) is 3.62. The molecule has 0 saturated heterocycles. The number of hydrogen-bond donors (Lipinski definition) is 3. The molecule has 4 N–H and O–H groups in total. The third-order valence-electron chi connectivity index (χ3n) is 5.34. The van der Waals surface area contributed by atoms with Crippen molar-refractivity contribution in [1.29, 1.82) is 0 Å². The number of amides is 1. The van der Waals surface area contributed by atoms with Gasteiger partial charge in [0.15, 0.2) is 0 Å². The monoisotopic (exact) mass is 483 g/mol.